The average molecular weight is 373 g/mol. The van der Waals surface area contributed by atoms with Gasteiger partial charge in [-0.05, 0) is 63.2 Å². The maximum absolute atomic E-state index is 12.4. The van der Waals surface area contributed by atoms with Gasteiger partial charge < -0.3 is 0 Å². The van der Waals surface area contributed by atoms with Gasteiger partial charge in [0, 0.05) is 6.42 Å². The molecule has 0 N–H and O–H groups in total. The smallest absolute Gasteiger partial charge is 0.183 e. The van der Waals surface area contributed by atoms with E-state index in [-0.39, 0.29) is 23.3 Å². The Kier molecular flexibility index (Phi) is 10.8. The first-order chi connectivity index (χ1) is 12.4. The van der Waals surface area contributed by atoms with Gasteiger partial charge in [-0.2, -0.15) is 0 Å². The van der Waals surface area contributed by atoms with E-state index >= 15 is 0 Å². The van der Waals surface area contributed by atoms with Crippen LogP contribution < -0.4 is 0 Å². The topological polar surface area (TPSA) is 51.2 Å². The molecular formula is C24H36O3. The molecule has 27 heavy (non-hydrogen) atoms. The van der Waals surface area contributed by atoms with Crippen LogP contribution in [0.1, 0.15) is 68.7 Å². The van der Waals surface area contributed by atoms with Gasteiger partial charge in [0.2, 0.25) is 0 Å². The molecule has 0 aromatic heterocycles. The van der Waals surface area contributed by atoms with Crippen LogP contribution in [-0.4, -0.2) is 17.3 Å². The van der Waals surface area contributed by atoms with Crippen LogP contribution in [0.5, 0.6) is 0 Å². The Morgan fingerprint density at radius 3 is 1.78 bits per heavy atom. The molecule has 0 amide bonds. The molecule has 0 aliphatic carbocycles. The summed E-state index contributed by atoms with van der Waals surface area (Å²) in [5.74, 6) is -0.283. The van der Waals surface area contributed by atoms with Gasteiger partial charge in [-0.1, -0.05) is 57.6 Å². The quantitative estimate of drug-likeness (QED) is 0.276. The van der Waals surface area contributed by atoms with Crippen LogP contribution in [0.25, 0.3) is 0 Å². The monoisotopic (exact) mass is 372 g/mol. The van der Waals surface area contributed by atoms with Gasteiger partial charge in [0.15, 0.2) is 11.6 Å². The van der Waals surface area contributed by atoms with Gasteiger partial charge in [0.1, 0.15) is 5.78 Å². The highest BCUT2D eigenvalue weighted by Crippen LogP contribution is 2.16. The molecule has 0 radical (unpaired) electrons. The third-order valence-electron chi connectivity index (χ3n) is 4.40. The van der Waals surface area contributed by atoms with Gasteiger partial charge in [-0.25, -0.2) is 0 Å². The van der Waals surface area contributed by atoms with E-state index in [1.807, 2.05) is 52.0 Å². The third-order valence-corrected chi connectivity index (χ3v) is 4.40. The van der Waals surface area contributed by atoms with Gasteiger partial charge in [0.25, 0.3) is 0 Å². The van der Waals surface area contributed by atoms with Crippen molar-refractivity contribution in [2.75, 3.05) is 0 Å². The Bertz CT molecular complexity index is 684. The first kappa shape index (κ1) is 25.0. The highest BCUT2D eigenvalue weighted by atomic mass is 16.2. The Labute approximate surface area is 165 Å². The van der Waals surface area contributed by atoms with Crippen molar-refractivity contribution in [1.82, 2.24) is 0 Å². The van der Waals surface area contributed by atoms with Crippen LogP contribution in [0.2, 0.25) is 0 Å². The van der Waals surface area contributed by atoms with Crippen molar-refractivity contribution in [3.63, 3.8) is 0 Å². The summed E-state index contributed by atoms with van der Waals surface area (Å²) < 4.78 is 0. The summed E-state index contributed by atoms with van der Waals surface area (Å²) in [6.45, 7) is 16.9. The minimum atomic E-state index is -0.591. The van der Waals surface area contributed by atoms with E-state index in [9.17, 15) is 14.4 Å². The van der Waals surface area contributed by atoms with Crippen LogP contribution in [0.4, 0.5) is 0 Å². The van der Waals surface area contributed by atoms with E-state index < -0.39 is 5.92 Å². The highest BCUT2D eigenvalue weighted by molar-refractivity contribution is 6.09. The molecule has 0 fully saturated rings. The Hall–Kier alpha value is -2.03. The van der Waals surface area contributed by atoms with Crippen molar-refractivity contribution in [3.8, 4) is 0 Å². The summed E-state index contributed by atoms with van der Waals surface area (Å²) in [5, 5.41) is 0. The minimum Gasteiger partial charge on any atom is -0.299 e. The summed E-state index contributed by atoms with van der Waals surface area (Å²) in [5.41, 5.74) is 3.01. The number of carbonyl (C=O) groups excluding carboxylic acids is 3. The maximum atomic E-state index is 12.4. The molecule has 0 unspecified atom stereocenters. The number of hydrogen-bond acceptors (Lipinski definition) is 3. The molecule has 0 saturated carbocycles. The third kappa shape index (κ3) is 8.94. The zero-order valence-corrected chi connectivity index (χ0v) is 18.5. The van der Waals surface area contributed by atoms with Crippen molar-refractivity contribution < 1.29 is 14.4 Å². The average Bonchev–Trinajstić information content (AvgIpc) is 2.57. The summed E-state index contributed by atoms with van der Waals surface area (Å²) in [6.07, 6.45) is 8.11. The fourth-order valence-corrected chi connectivity index (χ4v) is 3.07. The van der Waals surface area contributed by atoms with Crippen LogP contribution in [0.15, 0.2) is 46.6 Å². The van der Waals surface area contributed by atoms with E-state index in [1.54, 1.807) is 20.8 Å². The molecule has 0 aliphatic heterocycles. The first-order valence-corrected chi connectivity index (χ1v) is 9.75. The van der Waals surface area contributed by atoms with Crippen LogP contribution in [0.3, 0.4) is 0 Å². The minimum absolute atomic E-state index is 0.0374. The molecule has 0 aromatic carbocycles. The first-order valence-electron chi connectivity index (χ1n) is 9.75. The van der Waals surface area contributed by atoms with Crippen molar-refractivity contribution in [2.24, 2.45) is 17.8 Å². The molecule has 3 heteroatoms. The van der Waals surface area contributed by atoms with E-state index in [0.29, 0.717) is 17.9 Å². The largest absolute Gasteiger partial charge is 0.299 e. The zero-order valence-electron chi connectivity index (χ0n) is 18.5. The molecule has 0 aromatic rings. The lowest BCUT2D eigenvalue weighted by atomic mass is 9.93. The molecule has 0 saturated heterocycles. The number of Topliss-reactive ketones (excluding diaryl/α,β-unsaturated/α-hetero) is 3. The summed E-state index contributed by atoms with van der Waals surface area (Å²) >= 11 is 0. The van der Waals surface area contributed by atoms with Gasteiger partial charge in [-0.15, -0.1) is 0 Å². The molecular weight excluding hydrogens is 336 g/mol. The lowest BCUT2D eigenvalue weighted by molar-refractivity contribution is -0.129. The van der Waals surface area contributed by atoms with E-state index in [0.717, 1.165) is 16.7 Å². The lowest BCUT2D eigenvalue weighted by Crippen LogP contribution is -2.21. The summed E-state index contributed by atoms with van der Waals surface area (Å²) in [4.78, 5) is 36.4. The van der Waals surface area contributed by atoms with E-state index in [4.69, 9.17) is 0 Å². The second-order valence-corrected chi connectivity index (χ2v) is 7.78. The molecule has 0 heterocycles. The van der Waals surface area contributed by atoms with E-state index in [2.05, 4.69) is 13.8 Å². The Morgan fingerprint density at radius 1 is 0.778 bits per heavy atom. The summed E-state index contributed by atoms with van der Waals surface area (Å²) in [7, 11) is 0. The van der Waals surface area contributed by atoms with Crippen molar-refractivity contribution in [2.45, 2.75) is 68.7 Å². The Balaban J connectivity index is 5.26. The second kappa shape index (κ2) is 11.6. The predicted octanol–water partition coefficient (Wildman–Crippen LogP) is 5.82. The maximum Gasteiger partial charge on any atom is 0.183 e. The fourth-order valence-electron chi connectivity index (χ4n) is 3.07. The standard InChI is InChI=1S/C24H36O3/c1-10-22(25)21(9)24(27)20(8)14-17(5)12-16(4)13-19(7)23(26)18(6)11-15(2)3/h11-16,21H,10H2,1-9H3/b17-12+,18-11-,19-13+,20-14+/t16-,21-/m1/s1. The van der Waals surface area contributed by atoms with Gasteiger partial charge >= 0.3 is 0 Å². The molecule has 0 rings (SSSR count). The number of carbonyl (C=O) groups is 3. The lowest BCUT2D eigenvalue weighted by Gasteiger charge is -2.09. The van der Waals surface area contributed by atoms with Crippen molar-refractivity contribution in [3.05, 3.63) is 46.6 Å². The Morgan fingerprint density at radius 2 is 1.30 bits per heavy atom. The van der Waals surface area contributed by atoms with Gasteiger partial charge in [-0.3, -0.25) is 14.4 Å². The van der Waals surface area contributed by atoms with Crippen molar-refractivity contribution >= 4 is 17.3 Å². The number of rotatable bonds is 10. The second-order valence-electron chi connectivity index (χ2n) is 7.78. The van der Waals surface area contributed by atoms with Crippen LogP contribution in [-0.2, 0) is 14.4 Å². The molecule has 150 valence electrons. The molecule has 3 nitrogen and oxygen atoms in total. The van der Waals surface area contributed by atoms with Gasteiger partial charge in [0.05, 0.1) is 5.92 Å². The SMILES string of the molecule is CCC(=O)[C@@H](C)C(=O)/C(C)=C/C(C)=C/[C@@H](C)/C=C(\C)C(=O)/C(C)=C\C(C)C. The number of hydrogen-bond donors (Lipinski definition) is 0. The highest BCUT2D eigenvalue weighted by Gasteiger charge is 2.20. The summed E-state index contributed by atoms with van der Waals surface area (Å²) in [6, 6.07) is 0. The van der Waals surface area contributed by atoms with Crippen LogP contribution >= 0.6 is 0 Å². The zero-order chi connectivity index (χ0) is 21.3. The number of allylic oxidation sites excluding steroid dienone is 8. The molecule has 2 atom stereocenters. The molecule has 0 aliphatic rings. The molecule has 0 bridgehead atoms. The van der Waals surface area contributed by atoms with Crippen molar-refractivity contribution in [1.29, 1.82) is 0 Å². The molecule has 0 spiro atoms. The number of ketones is 3. The fraction of sp³-hybridized carbons (Fsp3) is 0.542. The van der Waals surface area contributed by atoms with E-state index in [1.165, 1.54) is 0 Å². The normalized spacial score (nSPS) is 16.4. The predicted molar refractivity (Wildman–Crippen MR) is 114 cm³/mol. The van der Waals surface area contributed by atoms with Crippen LogP contribution in [0, 0.1) is 17.8 Å².